The predicted molar refractivity (Wildman–Crippen MR) is 80.9 cm³/mol. The van der Waals surface area contributed by atoms with E-state index in [0.29, 0.717) is 18.9 Å². The fraction of sp³-hybridized carbons (Fsp3) is 0.875. The highest BCUT2D eigenvalue weighted by atomic mass is 16.4. The van der Waals surface area contributed by atoms with E-state index in [2.05, 4.69) is 11.8 Å². The van der Waals surface area contributed by atoms with Crippen LogP contribution >= 0.6 is 0 Å². The fourth-order valence-electron chi connectivity index (χ4n) is 3.93. The van der Waals surface area contributed by atoms with Crippen molar-refractivity contribution in [3.8, 4) is 0 Å². The van der Waals surface area contributed by atoms with Crippen LogP contribution < -0.4 is 0 Å². The zero-order chi connectivity index (χ0) is 15.6. The summed E-state index contributed by atoms with van der Waals surface area (Å²) in [5.41, 5.74) is 0. The zero-order valence-electron chi connectivity index (χ0n) is 13.4. The molecule has 2 aliphatic rings. The molecule has 4 atom stereocenters. The largest absolute Gasteiger partial charge is 0.481 e. The highest BCUT2D eigenvalue weighted by Gasteiger charge is 2.41. The normalized spacial score (nSPS) is 32.4. The first kappa shape index (κ1) is 16.3. The Morgan fingerprint density at radius 2 is 1.90 bits per heavy atom. The molecule has 21 heavy (non-hydrogen) atoms. The van der Waals surface area contributed by atoms with Crippen LogP contribution in [-0.2, 0) is 9.59 Å². The monoisotopic (exact) mass is 296 g/mol. The molecule has 2 fully saturated rings. The Labute approximate surface area is 127 Å². The summed E-state index contributed by atoms with van der Waals surface area (Å²) in [5, 5.41) is 9.40. The Hall–Kier alpha value is -1.10. The maximum absolute atomic E-state index is 12.3. The summed E-state index contributed by atoms with van der Waals surface area (Å²) in [4.78, 5) is 28.0. The van der Waals surface area contributed by atoms with Gasteiger partial charge in [-0.1, -0.05) is 13.8 Å². The number of amides is 1. The van der Waals surface area contributed by atoms with Crippen LogP contribution in [0.25, 0.3) is 0 Å². The second-order valence-corrected chi connectivity index (χ2v) is 6.95. The van der Waals surface area contributed by atoms with E-state index >= 15 is 0 Å². The summed E-state index contributed by atoms with van der Waals surface area (Å²) >= 11 is 0. The van der Waals surface area contributed by atoms with Gasteiger partial charge in [-0.05, 0) is 44.7 Å². The van der Waals surface area contributed by atoms with E-state index in [1.54, 1.807) is 4.90 Å². The summed E-state index contributed by atoms with van der Waals surface area (Å²) in [6.45, 7) is 9.90. The Balaban J connectivity index is 1.96. The van der Waals surface area contributed by atoms with Crippen molar-refractivity contribution in [2.75, 3.05) is 26.2 Å². The van der Waals surface area contributed by atoms with Crippen molar-refractivity contribution in [2.45, 2.75) is 46.1 Å². The number of hydrogen-bond acceptors (Lipinski definition) is 3. The topological polar surface area (TPSA) is 60.9 Å². The number of aliphatic carboxylic acids is 1. The van der Waals surface area contributed by atoms with Crippen LogP contribution in [-0.4, -0.2) is 59.0 Å². The molecule has 0 aliphatic carbocycles. The van der Waals surface area contributed by atoms with Gasteiger partial charge in [-0.3, -0.25) is 9.59 Å². The van der Waals surface area contributed by atoms with Crippen molar-refractivity contribution >= 4 is 11.9 Å². The Morgan fingerprint density at radius 1 is 1.29 bits per heavy atom. The number of rotatable bonds is 5. The summed E-state index contributed by atoms with van der Waals surface area (Å²) in [6.07, 6.45) is 2.90. The first-order chi connectivity index (χ1) is 9.90. The minimum Gasteiger partial charge on any atom is -0.481 e. The van der Waals surface area contributed by atoms with E-state index < -0.39 is 11.9 Å². The maximum Gasteiger partial charge on any atom is 0.308 e. The summed E-state index contributed by atoms with van der Waals surface area (Å²) in [6, 6.07) is -0.209. The molecule has 0 saturated carbocycles. The van der Waals surface area contributed by atoms with Gasteiger partial charge in [0.15, 0.2) is 0 Å². The predicted octanol–water partition coefficient (Wildman–Crippen LogP) is 1.68. The third-order valence-corrected chi connectivity index (χ3v) is 5.00. The molecule has 0 bridgehead atoms. The van der Waals surface area contributed by atoms with Crippen LogP contribution in [0.4, 0.5) is 0 Å². The van der Waals surface area contributed by atoms with Crippen LogP contribution in [0.15, 0.2) is 0 Å². The number of carboxylic acid groups (broad SMARTS) is 1. The SMILES string of the molecule is CC(CN1CCCC1)CN1C(=O)CC(C)C(C(=O)O)C1C. The molecular weight excluding hydrogens is 268 g/mol. The third kappa shape index (κ3) is 3.76. The van der Waals surface area contributed by atoms with Gasteiger partial charge in [0, 0.05) is 25.6 Å². The van der Waals surface area contributed by atoms with E-state index in [1.807, 2.05) is 13.8 Å². The molecule has 2 heterocycles. The minimum atomic E-state index is -0.778. The number of carboxylic acids is 1. The van der Waals surface area contributed by atoms with Crippen LogP contribution in [0.5, 0.6) is 0 Å². The molecule has 5 nitrogen and oxygen atoms in total. The summed E-state index contributed by atoms with van der Waals surface area (Å²) < 4.78 is 0. The molecule has 2 aliphatic heterocycles. The minimum absolute atomic E-state index is 0.0739. The van der Waals surface area contributed by atoms with Crippen molar-refractivity contribution < 1.29 is 14.7 Å². The number of piperidine rings is 1. The van der Waals surface area contributed by atoms with Gasteiger partial charge in [-0.15, -0.1) is 0 Å². The number of likely N-dealkylation sites (tertiary alicyclic amines) is 2. The number of carbonyl (C=O) groups is 2. The molecule has 120 valence electrons. The van der Waals surface area contributed by atoms with Crippen molar-refractivity contribution in [2.24, 2.45) is 17.8 Å². The zero-order valence-corrected chi connectivity index (χ0v) is 13.4. The van der Waals surface area contributed by atoms with E-state index in [1.165, 1.54) is 12.8 Å². The lowest BCUT2D eigenvalue weighted by atomic mass is 9.80. The van der Waals surface area contributed by atoms with Crippen molar-refractivity contribution in [1.82, 2.24) is 9.80 Å². The lowest BCUT2D eigenvalue weighted by Gasteiger charge is -2.42. The molecule has 1 amide bonds. The first-order valence-corrected chi connectivity index (χ1v) is 8.14. The van der Waals surface area contributed by atoms with Crippen molar-refractivity contribution in [3.05, 3.63) is 0 Å². The Kier molecular flexibility index (Phi) is 5.25. The lowest BCUT2D eigenvalue weighted by Crippen LogP contribution is -2.54. The number of nitrogens with zero attached hydrogens (tertiary/aromatic N) is 2. The van der Waals surface area contributed by atoms with Gasteiger partial charge in [0.2, 0.25) is 5.91 Å². The van der Waals surface area contributed by atoms with E-state index in [-0.39, 0.29) is 17.9 Å². The summed E-state index contributed by atoms with van der Waals surface area (Å²) in [5.74, 6) is -0.797. The molecule has 5 heteroatoms. The fourth-order valence-corrected chi connectivity index (χ4v) is 3.93. The average molecular weight is 296 g/mol. The molecule has 2 rings (SSSR count). The van der Waals surface area contributed by atoms with E-state index in [9.17, 15) is 14.7 Å². The first-order valence-electron chi connectivity index (χ1n) is 8.14. The van der Waals surface area contributed by atoms with Crippen LogP contribution in [0.3, 0.4) is 0 Å². The molecule has 1 N–H and O–H groups in total. The van der Waals surface area contributed by atoms with Gasteiger partial charge < -0.3 is 14.9 Å². The van der Waals surface area contributed by atoms with Gasteiger partial charge in [0.05, 0.1) is 5.92 Å². The molecule has 4 unspecified atom stereocenters. The smallest absolute Gasteiger partial charge is 0.308 e. The molecule has 0 aromatic rings. The molecule has 2 saturated heterocycles. The number of carbonyl (C=O) groups excluding carboxylic acids is 1. The molecular formula is C16H28N2O3. The molecule has 0 radical (unpaired) electrons. The highest BCUT2D eigenvalue weighted by molar-refractivity contribution is 5.81. The maximum atomic E-state index is 12.3. The highest BCUT2D eigenvalue weighted by Crippen LogP contribution is 2.30. The van der Waals surface area contributed by atoms with E-state index in [4.69, 9.17) is 0 Å². The number of hydrogen-bond donors (Lipinski definition) is 1. The molecule has 0 aromatic carbocycles. The van der Waals surface area contributed by atoms with Gasteiger partial charge in [0.1, 0.15) is 0 Å². The average Bonchev–Trinajstić information content (AvgIpc) is 2.86. The summed E-state index contributed by atoms with van der Waals surface area (Å²) in [7, 11) is 0. The quantitative estimate of drug-likeness (QED) is 0.838. The third-order valence-electron chi connectivity index (χ3n) is 5.00. The Bertz CT molecular complexity index is 393. The van der Waals surface area contributed by atoms with Crippen LogP contribution in [0.2, 0.25) is 0 Å². The van der Waals surface area contributed by atoms with Crippen LogP contribution in [0, 0.1) is 17.8 Å². The second-order valence-electron chi connectivity index (χ2n) is 6.95. The van der Waals surface area contributed by atoms with Gasteiger partial charge in [0.25, 0.3) is 0 Å². The molecule has 0 spiro atoms. The van der Waals surface area contributed by atoms with Crippen molar-refractivity contribution in [3.63, 3.8) is 0 Å². The van der Waals surface area contributed by atoms with Crippen molar-refractivity contribution in [1.29, 1.82) is 0 Å². The second kappa shape index (κ2) is 6.77. The van der Waals surface area contributed by atoms with E-state index in [0.717, 1.165) is 19.6 Å². The van der Waals surface area contributed by atoms with Gasteiger partial charge >= 0.3 is 5.97 Å². The van der Waals surface area contributed by atoms with Gasteiger partial charge in [-0.25, -0.2) is 0 Å². The Morgan fingerprint density at radius 3 is 2.48 bits per heavy atom. The lowest BCUT2D eigenvalue weighted by molar-refractivity contribution is -0.155. The van der Waals surface area contributed by atoms with Crippen LogP contribution in [0.1, 0.15) is 40.0 Å². The molecule has 0 aromatic heterocycles. The van der Waals surface area contributed by atoms with Gasteiger partial charge in [-0.2, -0.15) is 0 Å². The standard InChI is InChI=1S/C16H28N2O3/c1-11(9-17-6-4-5-7-17)10-18-13(3)15(16(20)21)12(2)8-14(18)19/h11-13,15H,4-10H2,1-3H3,(H,20,21).